The third kappa shape index (κ3) is 8.60. The smallest absolute Gasteiger partial charge is 0.264 e. The molecule has 0 radical (unpaired) electrons. The van der Waals surface area contributed by atoms with Crippen LogP contribution in [0.5, 0.6) is 5.75 Å². The van der Waals surface area contributed by atoms with E-state index >= 15 is 0 Å². The number of carbonyl (C=O) groups excluding carboxylic acids is 2. The molecule has 0 unspecified atom stereocenters. The fourth-order valence-corrected chi connectivity index (χ4v) is 6.77. The van der Waals surface area contributed by atoms with Crippen molar-refractivity contribution in [3.05, 3.63) is 124 Å². The second-order valence-corrected chi connectivity index (χ2v) is 13.8. The topological polar surface area (TPSA) is 96.0 Å². The van der Waals surface area contributed by atoms with Crippen LogP contribution in [0.15, 0.2) is 102 Å². The van der Waals surface area contributed by atoms with Gasteiger partial charge in [0.25, 0.3) is 10.0 Å². The molecule has 0 aromatic heterocycles. The second-order valence-electron chi connectivity index (χ2n) is 11.1. The molecular weight excluding hydrogens is 645 g/mol. The molecule has 0 fully saturated rings. The third-order valence-electron chi connectivity index (χ3n) is 7.31. The number of methoxy groups -OCH3 is 1. The van der Waals surface area contributed by atoms with E-state index in [9.17, 15) is 18.0 Å². The largest absolute Gasteiger partial charge is 0.495 e. The fourth-order valence-electron chi connectivity index (χ4n) is 4.92. The molecule has 1 N–H and O–H groups in total. The molecule has 11 heteroatoms. The van der Waals surface area contributed by atoms with Crippen LogP contribution in [0.1, 0.15) is 30.5 Å². The lowest BCUT2D eigenvalue weighted by atomic mass is 10.0. The van der Waals surface area contributed by atoms with E-state index in [1.807, 2.05) is 51.1 Å². The van der Waals surface area contributed by atoms with Crippen molar-refractivity contribution in [3.63, 3.8) is 0 Å². The first-order valence-corrected chi connectivity index (χ1v) is 16.9. The van der Waals surface area contributed by atoms with E-state index in [4.69, 9.17) is 27.9 Å². The van der Waals surface area contributed by atoms with Gasteiger partial charge in [-0.1, -0.05) is 89.4 Å². The molecule has 0 bridgehead atoms. The summed E-state index contributed by atoms with van der Waals surface area (Å²) in [7, 11) is -2.83. The van der Waals surface area contributed by atoms with Crippen molar-refractivity contribution in [2.75, 3.05) is 18.0 Å². The van der Waals surface area contributed by atoms with Crippen LogP contribution in [0.3, 0.4) is 0 Å². The second kappa shape index (κ2) is 15.5. The molecule has 46 heavy (non-hydrogen) atoms. The lowest BCUT2D eigenvalue weighted by Crippen LogP contribution is -2.54. The molecular formula is C35H37Cl2N3O5S. The Kier molecular flexibility index (Phi) is 11.7. The van der Waals surface area contributed by atoms with Crippen LogP contribution in [-0.4, -0.2) is 50.9 Å². The average molecular weight is 683 g/mol. The number of amides is 2. The van der Waals surface area contributed by atoms with Gasteiger partial charge in [-0.05, 0) is 68.3 Å². The number of hydrogen-bond donors (Lipinski definition) is 1. The Hall–Kier alpha value is -4.05. The maximum absolute atomic E-state index is 14.5. The first-order valence-electron chi connectivity index (χ1n) is 14.7. The molecule has 4 aromatic carbocycles. The predicted octanol–water partition coefficient (Wildman–Crippen LogP) is 6.67. The lowest BCUT2D eigenvalue weighted by Gasteiger charge is -2.34. The minimum atomic E-state index is -4.28. The summed E-state index contributed by atoms with van der Waals surface area (Å²) in [5, 5.41) is 3.52. The average Bonchev–Trinajstić information content (AvgIpc) is 3.02. The number of aryl methyl sites for hydroxylation is 1. The Morgan fingerprint density at radius 2 is 1.52 bits per heavy atom. The zero-order valence-electron chi connectivity index (χ0n) is 26.1. The summed E-state index contributed by atoms with van der Waals surface area (Å²) in [6, 6.07) is 26.0. The van der Waals surface area contributed by atoms with Crippen molar-refractivity contribution >= 4 is 50.7 Å². The van der Waals surface area contributed by atoms with Gasteiger partial charge in [0, 0.05) is 24.0 Å². The van der Waals surface area contributed by atoms with Crippen LogP contribution in [0, 0.1) is 6.92 Å². The highest BCUT2D eigenvalue weighted by Gasteiger charge is 2.35. The third-order valence-corrected chi connectivity index (χ3v) is 9.76. The molecule has 0 aliphatic rings. The summed E-state index contributed by atoms with van der Waals surface area (Å²) in [5.41, 5.74) is 2.46. The Bertz CT molecular complexity index is 1770. The molecule has 0 saturated heterocycles. The maximum Gasteiger partial charge on any atom is 0.264 e. The Morgan fingerprint density at radius 1 is 0.870 bits per heavy atom. The number of nitrogens with zero attached hydrogens (tertiary/aromatic N) is 2. The van der Waals surface area contributed by atoms with Gasteiger partial charge in [0.15, 0.2) is 0 Å². The number of sulfonamides is 1. The number of ether oxygens (including phenoxy) is 1. The number of nitrogens with one attached hydrogen (secondary N) is 1. The van der Waals surface area contributed by atoms with E-state index in [1.165, 1.54) is 42.3 Å². The molecule has 4 aromatic rings. The molecule has 242 valence electrons. The molecule has 2 amide bonds. The van der Waals surface area contributed by atoms with E-state index in [0.717, 1.165) is 15.4 Å². The van der Waals surface area contributed by atoms with Gasteiger partial charge in [-0.2, -0.15) is 0 Å². The van der Waals surface area contributed by atoms with E-state index in [-0.39, 0.29) is 40.5 Å². The first kappa shape index (κ1) is 34.8. The molecule has 0 aliphatic heterocycles. The molecule has 8 nitrogen and oxygen atoms in total. The van der Waals surface area contributed by atoms with Gasteiger partial charge in [0.1, 0.15) is 18.3 Å². The van der Waals surface area contributed by atoms with E-state index in [2.05, 4.69) is 5.32 Å². The van der Waals surface area contributed by atoms with Crippen molar-refractivity contribution < 1.29 is 22.7 Å². The van der Waals surface area contributed by atoms with Crippen molar-refractivity contribution in [3.8, 4) is 5.75 Å². The Morgan fingerprint density at radius 3 is 2.13 bits per heavy atom. The van der Waals surface area contributed by atoms with Crippen molar-refractivity contribution in [2.24, 2.45) is 0 Å². The summed E-state index contributed by atoms with van der Waals surface area (Å²) in [6.07, 6.45) is 0.189. The van der Waals surface area contributed by atoms with Gasteiger partial charge in [-0.25, -0.2) is 8.42 Å². The summed E-state index contributed by atoms with van der Waals surface area (Å²) >= 11 is 13.0. The van der Waals surface area contributed by atoms with Gasteiger partial charge < -0.3 is 15.0 Å². The lowest BCUT2D eigenvalue weighted by molar-refractivity contribution is -0.140. The zero-order valence-corrected chi connectivity index (χ0v) is 28.4. The molecule has 4 rings (SSSR count). The minimum absolute atomic E-state index is 0.00567. The summed E-state index contributed by atoms with van der Waals surface area (Å²) < 4.78 is 34.7. The number of benzene rings is 4. The summed E-state index contributed by atoms with van der Waals surface area (Å²) in [5.74, 6) is -0.639. The zero-order chi connectivity index (χ0) is 33.4. The first-order chi connectivity index (χ1) is 21.9. The van der Waals surface area contributed by atoms with Gasteiger partial charge >= 0.3 is 0 Å². The number of carbonyl (C=O) groups is 2. The molecule has 0 aliphatic carbocycles. The summed E-state index contributed by atoms with van der Waals surface area (Å²) in [4.78, 5) is 29.7. The summed E-state index contributed by atoms with van der Waals surface area (Å²) in [6.45, 7) is 4.86. The normalized spacial score (nSPS) is 12.0. The van der Waals surface area contributed by atoms with Gasteiger partial charge in [0.05, 0.1) is 22.7 Å². The molecule has 0 spiro atoms. The standard InChI is InChI=1S/C35H37Cl2N3O5S/c1-24(2)38-35(42)32(20-26-10-6-5-7-11-26)39(22-27-12-8-9-13-30(27)36)34(41)23-40(28-16-19-33(45-4)31(37)21-28)46(43,44)29-17-14-25(3)15-18-29/h5-19,21,24,32H,20,22-23H2,1-4H3,(H,38,42)/t32-/m1/s1. The van der Waals surface area contributed by atoms with Gasteiger partial charge in [0.2, 0.25) is 11.8 Å². The molecule has 0 saturated carbocycles. The quantitative estimate of drug-likeness (QED) is 0.170. The molecule has 0 heterocycles. The van der Waals surface area contributed by atoms with Crippen molar-refractivity contribution in [1.29, 1.82) is 0 Å². The van der Waals surface area contributed by atoms with Gasteiger partial charge in [-0.3, -0.25) is 13.9 Å². The fraction of sp³-hybridized carbons (Fsp3) is 0.257. The van der Waals surface area contributed by atoms with Crippen LogP contribution < -0.4 is 14.4 Å². The van der Waals surface area contributed by atoms with Crippen LogP contribution in [-0.2, 0) is 32.6 Å². The SMILES string of the molecule is COc1ccc(N(CC(=O)N(Cc2ccccc2Cl)[C@H](Cc2ccccc2)C(=O)NC(C)C)S(=O)(=O)c2ccc(C)cc2)cc1Cl. The van der Waals surface area contributed by atoms with Crippen molar-refractivity contribution in [2.45, 2.75) is 50.7 Å². The molecule has 1 atom stereocenters. The van der Waals surface area contributed by atoms with Crippen molar-refractivity contribution in [1.82, 2.24) is 10.2 Å². The van der Waals surface area contributed by atoms with Gasteiger partial charge in [-0.15, -0.1) is 0 Å². The minimum Gasteiger partial charge on any atom is -0.495 e. The van der Waals surface area contributed by atoms with Crippen LogP contribution in [0.2, 0.25) is 10.0 Å². The van der Waals surface area contributed by atoms with E-state index < -0.39 is 28.5 Å². The van der Waals surface area contributed by atoms with Crippen LogP contribution >= 0.6 is 23.2 Å². The Labute approximate surface area is 280 Å². The van der Waals surface area contributed by atoms with Crippen LogP contribution in [0.25, 0.3) is 0 Å². The number of hydrogen-bond acceptors (Lipinski definition) is 5. The highest BCUT2D eigenvalue weighted by molar-refractivity contribution is 7.92. The number of halogens is 2. The van der Waals surface area contributed by atoms with E-state index in [1.54, 1.807) is 36.4 Å². The van der Waals surface area contributed by atoms with E-state index in [0.29, 0.717) is 16.3 Å². The highest BCUT2D eigenvalue weighted by Crippen LogP contribution is 2.32. The highest BCUT2D eigenvalue weighted by atomic mass is 35.5. The monoisotopic (exact) mass is 681 g/mol. The Balaban J connectivity index is 1.84. The predicted molar refractivity (Wildman–Crippen MR) is 183 cm³/mol. The van der Waals surface area contributed by atoms with Crippen LogP contribution in [0.4, 0.5) is 5.69 Å². The number of rotatable bonds is 13. The maximum atomic E-state index is 14.5. The number of anilines is 1.